The molecule has 1 aliphatic carbocycles. The monoisotopic (exact) mass is 540 g/mol. The van der Waals surface area contributed by atoms with Crippen molar-refractivity contribution >= 4 is 34.8 Å². The molecule has 3 atom stereocenters. The van der Waals surface area contributed by atoms with Gasteiger partial charge in [-0.25, -0.2) is 0 Å². The van der Waals surface area contributed by atoms with Gasteiger partial charge in [0.1, 0.15) is 11.5 Å². The molecule has 0 saturated carbocycles. The van der Waals surface area contributed by atoms with Crippen LogP contribution in [0.25, 0.3) is 6.08 Å². The Morgan fingerprint density at radius 1 is 0.854 bits per heavy atom. The van der Waals surface area contributed by atoms with Crippen LogP contribution in [0, 0.1) is 22.5 Å². The van der Waals surface area contributed by atoms with E-state index in [1.807, 2.05) is 48.2 Å². The molecule has 7 nitrogen and oxygen atoms in total. The summed E-state index contributed by atoms with van der Waals surface area (Å²) in [6.45, 7) is 1.96. The molecule has 0 aromatic heterocycles. The zero-order valence-corrected chi connectivity index (χ0v) is 22.1. The van der Waals surface area contributed by atoms with E-state index in [1.165, 1.54) is 12.1 Å². The Morgan fingerprint density at radius 3 is 2.12 bits per heavy atom. The number of ketones is 3. The van der Waals surface area contributed by atoms with E-state index in [9.17, 15) is 24.5 Å². The molecule has 1 spiro atoms. The number of rotatable bonds is 4. The average Bonchev–Trinajstić information content (AvgIpc) is 3.43. The van der Waals surface area contributed by atoms with Crippen LogP contribution in [0.1, 0.15) is 53.7 Å². The van der Waals surface area contributed by atoms with Gasteiger partial charge in [-0.05, 0) is 29.7 Å². The number of carbonyl (C=O) groups is 3. The molecule has 4 aromatic rings. The molecule has 0 unspecified atom stereocenters. The lowest BCUT2D eigenvalue weighted by atomic mass is 9.64. The number of anilines is 1. The highest BCUT2D eigenvalue weighted by Gasteiger charge is 2.71. The van der Waals surface area contributed by atoms with Gasteiger partial charge in [-0.3, -0.25) is 24.5 Å². The highest BCUT2D eigenvalue weighted by molar-refractivity contribution is 6.32. The van der Waals surface area contributed by atoms with E-state index in [1.54, 1.807) is 60.7 Å². The third kappa shape index (κ3) is 3.35. The highest BCUT2D eigenvalue weighted by atomic mass is 16.6. The van der Waals surface area contributed by atoms with E-state index in [2.05, 4.69) is 0 Å². The van der Waals surface area contributed by atoms with Crippen molar-refractivity contribution in [3.8, 4) is 0 Å². The minimum atomic E-state index is -1.65. The van der Waals surface area contributed by atoms with Gasteiger partial charge in [0.05, 0.1) is 11.0 Å². The van der Waals surface area contributed by atoms with Gasteiger partial charge in [0.2, 0.25) is 0 Å². The molecule has 1 fully saturated rings. The summed E-state index contributed by atoms with van der Waals surface area (Å²) in [5.74, 6) is -1.80. The molecule has 1 saturated heterocycles. The summed E-state index contributed by atoms with van der Waals surface area (Å²) in [5, 5.41) is 11.5. The predicted octanol–water partition coefficient (Wildman–Crippen LogP) is 6.22. The fourth-order valence-electron chi connectivity index (χ4n) is 7.02. The number of carbonyl (C=O) groups excluding carboxylic acids is 3. The second-order valence-electron chi connectivity index (χ2n) is 10.8. The molecular weight excluding hydrogens is 516 g/mol. The number of nitro benzene ring substituents is 1. The number of non-ortho nitro benzene ring substituents is 1. The van der Waals surface area contributed by atoms with Crippen LogP contribution in [0.5, 0.6) is 0 Å². The lowest BCUT2D eigenvalue weighted by Crippen LogP contribution is -2.48. The fourth-order valence-corrected chi connectivity index (χ4v) is 7.02. The minimum Gasteiger partial charge on any atom is -0.352 e. The van der Waals surface area contributed by atoms with Crippen LogP contribution < -0.4 is 4.90 Å². The highest BCUT2D eigenvalue weighted by Crippen LogP contribution is 2.61. The molecule has 3 aliphatic rings. The van der Waals surface area contributed by atoms with E-state index in [-0.39, 0.29) is 23.0 Å². The van der Waals surface area contributed by atoms with Crippen molar-refractivity contribution in [3.63, 3.8) is 0 Å². The quantitative estimate of drug-likeness (QED) is 0.132. The largest absolute Gasteiger partial charge is 0.352 e. The van der Waals surface area contributed by atoms with E-state index in [0.717, 1.165) is 16.8 Å². The van der Waals surface area contributed by atoms with Gasteiger partial charge in [-0.1, -0.05) is 91.0 Å². The maximum absolute atomic E-state index is 14.6. The lowest BCUT2D eigenvalue weighted by molar-refractivity contribution is -0.384. The molecule has 2 aliphatic heterocycles. The first-order chi connectivity index (χ1) is 19.8. The Balaban J connectivity index is 1.55. The maximum Gasteiger partial charge on any atom is 0.269 e. The number of benzene rings is 4. The molecule has 2 heterocycles. The molecule has 7 rings (SSSR count). The van der Waals surface area contributed by atoms with Crippen molar-refractivity contribution in [2.75, 3.05) is 4.90 Å². The van der Waals surface area contributed by atoms with Gasteiger partial charge in [0.15, 0.2) is 17.3 Å². The van der Waals surface area contributed by atoms with Crippen LogP contribution in [-0.4, -0.2) is 34.4 Å². The molecule has 4 aromatic carbocycles. The minimum absolute atomic E-state index is 0.113. The first-order valence-corrected chi connectivity index (χ1v) is 13.4. The molecule has 7 heteroatoms. The van der Waals surface area contributed by atoms with Gasteiger partial charge in [-0.2, -0.15) is 0 Å². The number of nitro groups is 1. The normalized spacial score (nSPS) is 21.5. The fraction of sp³-hybridized carbons (Fsp3) is 0.147. The summed E-state index contributed by atoms with van der Waals surface area (Å²) in [4.78, 5) is 56.8. The number of hydrogen-bond donors (Lipinski definition) is 0. The standard InChI is InChI=1S/C34H24N2O5/c1-20-11-12-21-15-18-28-34(32(38)25-9-5-6-10-26(25)33(34)39)29(22-13-16-24(17-14-22)36(40)41)30(35(28)27(21)19-20)31(37)23-7-3-2-4-8-23/h2-19,28-30H,1H3/t28-,29+,30-/m0/s1. The van der Waals surface area contributed by atoms with Crippen LogP contribution in [-0.2, 0) is 0 Å². The van der Waals surface area contributed by atoms with Crippen molar-refractivity contribution in [3.05, 3.63) is 147 Å². The van der Waals surface area contributed by atoms with E-state index < -0.39 is 28.3 Å². The second-order valence-corrected chi connectivity index (χ2v) is 10.8. The predicted molar refractivity (Wildman–Crippen MR) is 154 cm³/mol. The van der Waals surface area contributed by atoms with Crippen molar-refractivity contribution in [2.45, 2.75) is 24.9 Å². The van der Waals surface area contributed by atoms with Crippen LogP contribution >= 0.6 is 0 Å². The molecule has 0 N–H and O–H groups in total. The molecule has 0 amide bonds. The molecule has 0 radical (unpaired) electrons. The SMILES string of the molecule is Cc1ccc2c(c1)N1[C@H](C(=O)c3ccccc3)[C@@H](c3ccc([N+](=O)[O-])cc3)C3(C(=O)c4ccccc4C3=O)[C@@H]1C=C2. The van der Waals surface area contributed by atoms with E-state index in [4.69, 9.17) is 0 Å². The average molecular weight is 541 g/mol. The van der Waals surface area contributed by atoms with Gasteiger partial charge in [-0.15, -0.1) is 0 Å². The molecule has 0 bridgehead atoms. The summed E-state index contributed by atoms with van der Waals surface area (Å²) in [6, 6.07) is 25.8. The maximum atomic E-state index is 14.6. The van der Waals surface area contributed by atoms with Crippen molar-refractivity contribution in [1.29, 1.82) is 0 Å². The van der Waals surface area contributed by atoms with Crippen LogP contribution in [0.4, 0.5) is 11.4 Å². The topological polar surface area (TPSA) is 97.6 Å². The number of aryl methyl sites for hydroxylation is 1. The Morgan fingerprint density at radius 2 is 1.49 bits per heavy atom. The summed E-state index contributed by atoms with van der Waals surface area (Å²) < 4.78 is 0. The van der Waals surface area contributed by atoms with Gasteiger partial charge < -0.3 is 4.90 Å². The summed E-state index contributed by atoms with van der Waals surface area (Å²) in [5.41, 5.74) is 2.52. The number of nitrogens with zero attached hydrogens (tertiary/aromatic N) is 2. The van der Waals surface area contributed by atoms with E-state index in [0.29, 0.717) is 22.3 Å². The third-order valence-corrected chi connectivity index (χ3v) is 8.75. The van der Waals surface area contributed by atoms with Crippen LogP contribution in [0.3, 0.4) is 0 Å². The second kappa shape index (κ2) is 8.93. The summed E-state index contributed by atoms with van der Waals surface area (Å²) in [6.07, 6.45) is 3.79. The van der Waals surface area contributed by atoms with Gasteiger partial charge in [0, 0.05) is 40.4 Å². The number of Topliss-reactive ketones (excluding diaryl/α,β-unsaturated/α-hetero) is 3. The lowest BCUT2D eigenvalue weighted by Gasteiger charge is -2.37. The number of fused-ring (bicyclic) bond motifs is 5. The molecule has 200 valence electrons. The smallest absolute Gasteiger partial charge is 0.269 e. The third-order valence-electron chi connectivity index (χ3n) is 8.75. The Labute approximate surface area is 235 Å². The molecule has 41 heavy (non-hydrogen) atoms. The number of hydrogen-bond acceptors (Lipinski definition) is 6. The Bertz CT molecular complexity index is 1770. The summed E-state index contributed by atoms with van der Waals surface area (Å²) in [7, 11) is 0. The van der Waals surface area contributed by atoms with Gasteiger partial charge >= 0.3 is 0 Å². The van der Waals surface area contributed by atoms with Crippen LogP contribution in [0.2, 0.25) is 0 Å². The zero-order valence-electron chi connectivity index (χ0n) is 22.1. The van der Waals surface area contributed by atoms with Crippen molar-refractivity contribution in [1.82, 2.24) is 0 Å². The van der Waals surface area contributed by atoms with Crippen molar-refractivity contribution in [2.24, 2.45) is 5.41 Å². The molecular formula is C34H24N2O5. The van der Waals surface area contributed by atoms with E-state index >= 15 is 0 Å². The first-order valence-electron chi connectivity index (χ1n) is 13.4. The summed E-state index contributed by atoms with van der Waals surface area (Å²) >= 11 is 0. The van der Waals surface area contributed by atoms with Crippen molar-refractivity contribution < 1.29 is 19.3 Å². The van der Waals surface area contributed by atoms with Crippen LogP contribution in [0.15, 0.2) is 103 Å². The first kappa shape index (κ1) is 24.8. The Hall–Kier alpha value is -5.17. The Kier molecular flexibility index (Phi) is 5.41. The van der Waals surface area contributed by atoms with Gasteiger partial charge in [0.25, 0.3) is 5.69 Å². The zero-order chi connectivity index (χ0) is 28.5.